The van der Waals surface area contributed by atoms with Gasteiger partial charge in [-0.2, -0.15) is 13.2 Å². The van der Waals surface area contributed by atoms with E-state index in [0.717, 1.165) is 16.7 Å². The number of nitrogens with zero attached hydrogens (tertiary/aromatic N) is 1. The maximum Gasteiger partial charge on any atom is 0.420 e. The molecular formula is C16H10ClF3N2O3. The summed E-state index contributed by atoms with van der Waals surface area (Å²) in [6, 6.07) is 8.98. The van der Waals surface area contributed by atoms with Gasteiger partial charge >= 0.3 is 11.9 Å². The Morgan fingerprint density at radius 2 is 1.92 bits per heavy atom. The van der Waals surface area contributed by atoms with Crippen molar-refractivity contribution in [3.63, 3.8) is 0 Å². The van der Waals surface area contributed by atoms with E-state index >= 15 is 0 Å². The van der Waals surface area contributed by atoms with Gasteiger partial charge in [0.05, 0.1) is 16.8 Å². The number of aromatic nitrogens is 1. The molecule has 3 aromatic rings. The SMILES string of the molecule is O=C(Cn1c(=O)oc2ccc(Cl)cc21)Nc1ccccc1C(F)(F)F. The smallest absolute Gasteiger partial charge is 0.408 e. The van der Waals surface area contributed by atoms with Gasteiger partial charge in [0.2, 0.25) is 5.91 Å². The number of fused-ring (bicyclic) bond motifs is 1. The van der Waals surface area contributed by atoms with Gasteiger partial charge in [-0.25, -0.2) is 4.79 Å². The van der Waals surface area contributed by atoms with Crippen molar-refractivity contribution >= 4 is 34.3 Å². The Morgan fingerprint density at radius 1 is 1.20 bits per heavy atom. The topological polar surface area (TPSA) is 64.2 Å². The summed E-state index contributed by atoms with van der Waals surface area (Å²) in [5, 5.41) is 2.49. The third-order valence-electron chi connectivity index (χ3n) is 3.44. The van der Waals surface area contributed by atoms with Crippen LogP contribution in [0.1, 0.15) is 5.56 Å². The number of alkyl halides is 3. The number of halogens is 4. The zero-order valence-electron chi connectivity index (χ0n) is 12.4. The lowest BCUT2D eigenvalue weighted by molar-refractivity contribution is -0.137. The monoisotopic (exact) mass is 370 g/mol. The summed E-state index contributed by atoms with van der Waals surface area (Å²) >= 11 is 5.85. The van der Waals surface area contributed by atoms with Gasteiger partial charge in [-0.05, 0) is 30.3 Å². The summed E-state index contributed by atoms with van der Waals surface area (Å²) in [6.45, 7) is -0.516. The Labute approximate surface area is 143 Å². The molecule has 0 fully saturated rings. The molecule has 25 heavy (non-hydrogen) atoms. The van der Waals surface area contributed by atoms with Crippen LogP contribution < -0.4 is 11.1 Å². The minimum absolute atomic E-state index is 0.220. The molecule has 2 aromatic carbocycles. The number of amides is 1. The fraction of sp³-hybridized carbons (Fsp3) is 0.125. The van der Waals surface area contributed by atoms with Crippen molar-refractivity contribution in [1.82, 2.24) is 4.57 Å². The second kappa shape index (κ2) is 6.29. The first-order chi connectivity index (χ1) is 11.8. The molecule has 0 radical (unpaired) electrons. The van der Waals surface area contributed by atoms with E-state index in [9.17, 15) is 22.8 Å². The van der Waals surface area contributed by atoms with E-state index in [1.54, 1.807) is 0 Å². The van der Waals surface area contributed by atoms with Gasteiger partial charge < -0.3 is 9.73 Å². The van der Waals surface area contributed by atoms with Crippen LogP contribution in [-0.2, 0) is 17.5 Å². The van der Waals surface area contributed by atoms with Crippen molar-refractivity contribution in [2.24, 2.45) is 0 Å². The third-order valence-corrected chi connectivity index (χ3v) is 3.67. The van der Waals surface area contributed by atoms with Gasteiger partial charge in [-0.3, -0.25) is 9.36 Å². The Kier molecular flexibility index (Phi) is 4.30. The molecule has 1 N–H and O–H groups in total. The van der Waals surface area contributed by atoms with E-state index in [0.29, 0.717) is 5.02 Å². The highest BCUT2D eigenvalue weighted by Gasteiger charge is 2.33. The minimum atomic E-state index is -4.61. The number of carbonyl (C=O) groups is 1. The molecule has 1 heterocycles. The van der Waals surface area contributed by atoms with Crippen LogP contribution in [0.15, 0.2) is 51.7 Å². The lowest BCUT2D eigenvalue weighted by atomic mass is 10.1. The molecular weight excluding hydrogens is 361 g/mol. The Hall–Kier alpha value is -2.74. The highest BCUT2D eigenvalue weighted by Crippen LogP contribution is 2.34. The first kappa shape index (κ1) is 17.1. The van der Waals surface area contributed by atoms with Gasteiger partial charge in [0.15, 0.2) is 5.58 Å². The molecule has 5 nitrogen and oxygen atoms in total. The van der Waals surface area contributed by atoms with E-state index in [1.807, 2.05) is 0 Å². The molecule has 130 valence electrons. The van der Waals surface area contributed by atoms with Gasteiger partial charge in [0, 0.05) is 5.02 Å². The van der Waals surface area contributed by atoms with E-state index in [1.165, 1.54) is 30.3 Å². The van der Waals surface area contributed by atoms with Crippen molar-refractivity contribution in [2.45, 2.75) is 12.7 Å². The van der Waals surface area contributed by atoms with E-state index < -0.39 is 29.9 Å². The molecule has 0 atom stereocenters. The number of para-hydroxylation sites is 1. The van der Waals surface area contributed by atoms with Crippen molar-refractivity contribution < 1.29 is 22.4 Å². The number of hydrogen-bond acceptors (Lipinski definition) is 3. The van der Waals surface area contributed by atoms with Crippen molar-refractivity contribution in [3.8, 4) is 0 Å². The van der Waals surface area contributed by atoms with Crippen LogP contribution in [0.3, 0.4) is 0 Å². The molecule has 3 rings (SSSR count). The minimum Gasteiger partial charge on any atom is -0.408 e. The average Bonchev–Trinajstić information content (AvgIpc) is 2.82. The summed E-state index contributed by atoms with van der Waals surface area (Å²) in [7, 11) is 0. The number of oxazole rings is 1. The fourth-order valence-electron chi connectivity index (χ4n) is 2.36. The fourth-order valence-corrected chi connectivity index (χ4v) is 2.52. The highest BCUT2D eigenvalue weighted by atomic mass is 35.5. The number of anilines is 1. The number of rotatable bonds is 3. The van der Waals surface area contributed by atoms with Crippen LogP contribution >= 0.6 is 11.6 Å². The summed E-state index contributed by atoms with van der Waals surface area (Å²) < 4.78 is 44.8. The molecule has 0 bridgehead atoms. The van der Waals surface area contributed by atoms with Gasteiger partial charge in [0.25, 0.3) is 0 Å². The maximum absolute atomic E-state index is 13.0. The predicted octanol–water partition coefficient (Wildman–Crippen LogP) is 3.91. The molecule has 0 unspecified atom stereocenters. The molecule has 0 saturated heterocycles. The molecule has 9 heteroatoms. The second-order valence-electron chi connectivity index (χ2n) is 5.16. The third kappa shape index (κ3) is 3.53. The molecule has 0 spiro atoms. The molecule has 0 aliphatic rings. The second-order valence-corrected chi connectivity index (χ2v) is 5.59. The largest absolute Gasteiger partial charge is 0.420 e. The maximum atomic E-state index is 13.0. The van der Waals surface area contributed by atoms with Gasteiger partial charge in [-0.1, -0.05) is 23.7 Å². The molecule has 0 aliphatic heterocycles. The molecule has 1 amide bonds. The molecule has 1 aromatic heterocycles. The van der Waals surface area contributed by atoms with Crippen LogP contribution in [0.2, 0.25) is 5.02 Å². The lowest BCUT2D eigenvalue weighted by Gasteiger charge is -2.13. The van der Waals surface area contributed by atoms with Gasteiger partial charge in [-0.15, -0.1) is 0 Å². The summed E-state index contributed by atoms with van der Waals surface area (Å²) in [5.41, 5.74) is -0.871. The summed E-state index contributed by atoms with van der Waals surface area (Å²) in [6.07, 6.45) is -4.61. The number of nitrogens with one attached hydrogen (secondary N) is 1. The number of hydrogen-bond donors (Lipinski definition) is 1. The van der Waals surface area contributed by atoms with E-state index in [-0.39, 0.29) is 16.8 Å². The van der Waals surface area contributed by atoms with E-state index in [4.69, 9.17) is 16.0 Å². The quantitative estimate of drug-likeness (QED) is 0.760. The number of carbonyl (C=O) groups excluding carboxylic acids is 1. The van der Waals surface area contributed by atoms with E-state index in [2.05, 4.69) is 5.32 Å². The summed E-state index contributed by atoms with van der Waals surface area (Å²) in [4.78, 5) is 24.0. The van der Waals surface area contributed by atoms with Crippen LogP contribution in [0, 0.1) is 0 Å². The zero-order chi connectivity index (χ0) is 18.2. The molecule has 0 saturated carbocycles. The number of benzene rings is 2. The van der Waals surface area contributed by atoms with Crippen LogP contribution in [-0.4, -0.2) is 10.5 Å². The Balaban J connectivity index is 1.89. The van der Waals surface area contributed by atoms with Crippen LogP contribution in [0.4, 0.5) is 18.9 Å². The molecule has 0 aliphatic carbocycles. The predicted molar refractivity (Wildman–Crippen MR) is 85.6 cm³/mol. The first-order valence-corrected chi connectivity index (χ1v) is 7.38. The van der Waals surface area contributed by atoms with Crippen LogP contribution in [0.25, 0.3) is 11.1 Å². The summed E-state index contributed by atoms with van der Waals surface area (Å²) in [5.74, 6) is -1.61. The lowest BCUT2D eigenvalue weighted by Crippen LogP contribution is -2.25. The van der Waals surface area contributed by atoms with Crippen molar-refractivity contribution in [2.75, 3.05) is 5.32 Å². The highest BCUT2D eigenvalue weighted by molar-refractivity contribution is 6.31. The van der Waals surface area contributed by atoms with Gasteiger partial charge in [0.1, 0.15) is 6.54 Å². The van der Waals surface area contributed by atoms with Crippen molar-refractivity contribution in [3.05, 3.63) is 63.6 Å². The average molecular weight is 371 g/mol. The standard InChI is InChI=1S/C16H10ClF3N2O3/c17-9-5-6-13-12(7-9)22(15(24)25-13)8-14(23)21-11-4-2-1-3-10(11)16(18,19)20/h1-7H,8H2,(H,21,23). The first-order valence-electron chi connectivity index (χ1n) is 7.00. The Morgan fingerprint density at radius 3 is 2.64 bits per heavy atom. The van der Waals surface area contributed by atoms with Crippen molar-refractivity contribution in [1.29, 1.82) is 0 Å². The Bertz CT molecular complexity index is 1010. The zero-order valence-corrected chi connectivity index (χ0v) is 13.2. The normalized spacial score (nSPS) is 11.7. The van der Waals surface area contributed by atoms with Crippen LogP contribution in [0.5, 0.6) is 0 Å².